The van der Waals surface area contributed by atoms with Gasteiger partial charge in [0.1, 0.15) is 5.75 Å². The minimum atomic E-state index is 0.364. The van der Waals surface area contributed by atoms with Gasteiger partial charge in [0.05, 0.1) is 23.5 Å². The maximum absolute atomic E-state index is 6.34. The molecular formula is C18H17Cl2N3O. The Morgan fingerprint density at radius 2 is 1.96 bits per heavy atom. The Labute approximate surface area is 150 Å². The summed E-state index contributed by atoms with van der Waals surface area (Å²) < 4.78 is 7.11. The van der Waals surface area contributed by atoms with E-state index in [0.29, 0.717) is 23.0 Å². The Bertz CT molecular complexity index is 861. The van der Waals surface area contributed by atoms with Crippen molar-refractivity contribution in [3.63, 3.8) is 0 Å². The Morgan fingerprint density at radius 3 is 2.67 bits per heavy atom. The quantitative estimate of drug-likeness (QED) is 0.739. The van der Waals surface area contributed by atoms with E-state index in [0.717, 1.165) is 28.4 Å². The van der Waals surface area contributed by atoms with E-state index in [1.54, 1.807) is 19.2 Å². The van der Waals surface area contributed by atoms with Crippen molar-refractivity contribution in [1.29, 1.82) is 0 Å². The maximum atomic E-state index is 6.34. The lowest BCUT2D eigenvalue weighted by molar-refractivity contribution is 0.414. The molecule has 1 aromatic heterocycles. The van der Waals surface area contributed by atoms with E-state index in [1.807, 2.05) is 41.1 Å². The summed E-state index contributed by atoms with van der Waals surface area (Å²) >= 11 is 12.3. The molecule has 1 heterocycles. The van der Waals surface area contributed by atoms with Crippen LogP contribution in [0.15, 0.2) is 48.5 Å². The van der Waals surface area contributed by atoms with E-state index < -0.39 is 0 Å². The molecule has 4 nitrogen and oxygen atoms in total. The predicted molar refractivity (Wildman–Crippen MR) is 97.3 cm³/mol. The molecule has 124 valence electrons. The molecule has 2 N–H and O–H groups in total. The SMILES string of the molecule is COc1cccc(Cc2cc(CN)nn2-c2ccc(Cl)cc2Cl)c1. The van der Waals surface area contributed by atoms with Crippen LogP contribution in [0.2, 0.25) is 10.0 Å². The third-order valence-corrected chi connectivity index (χ3v) is 4.24. The molecule has 3 aromatic rings. The largest absolute Gasteiger partial charge is 0.497 e. The number of aromatic nitrogens is 2. The van der Waals surface area contributed by atoms with Crippen LogP contribution in [0.5, 0.6) is 5.75 Å². The fourth-order valence-corrected chi connectivity index (χ4v) is 3.04. The summed E-state index contributed by atoms with van der Waals surface area (Å²) in [5.74, 6) is 0.821. The van der Waals surface area contributed by atoms with Crippen LogP contribution in [0.25, 0.3) is 5.69 Å². The van der Waals surface area contributed by atoms with Gasteiger partial charge in [0, 0.05) is 23.7 Å². The minimum Gasteiger partial charge on any atom is -0.497 e. The van der Waals surface area contributed by atoms with Gasteiger partial charge < -0.3 is 10.5 Å². The monoisotopic (exact) mass is 361 g/mol. The van der Waals surface area contributed by atoms with Gasteiger partial charge >= 0.3 is 0 Å². The smallest absolute Gasteiger partial charge is 0.119 e. The first-order valence-electron chi connectivity index (χ1n) is 7.47. The summed E-state index contributed by atoms with van der Waals surface area (Å²) in [5, 5.41) is 5.69. The number of hydrogen-bond acceptors (Lipinski definition) is 3. The van der Waals surface area contributed by atoms with Crippen LogP contribution in [-0.4, -0.2) is 16.9 Å². The molecule has 0 fully saturated rings. The number of hydrogen-bond donors (Lipinski definition) is 1. The summed E-state index contributed by atoms with van der Waals surface area (Å²) in [7, 11) is 1.66. The number of nitrogens with zero attached hydrogens (tertiary/aromatic N) is 2. The molecule has 0 bridgehead atoms. The molecule has 0 saturated heterocycles. The molecule has 0 unspecified atom stereocenters. The van der Waals surface area contributed by atoms with E-state index in [9.17, 15) is 0 Å². The van der Waals surface area contributed by atoms with Crippen molar-refractivity contribution in [2.45, 2.75) is 13.0 Å². The van der Waals surface area contributed by atoms with E-state index in [4.69, 9.17) is 33.7 Å². The van der Waals surface area contributed by atoms with Gasteiger partial charge in [-0.15, -0.1) is 0 Å². The highest BCUT2D eigenvalue weighted by molar-refractivity contribution is 6.35. The molecule has 24 heavy (non-hydrogen) atoms. The maximum Gasteiger partial charge on any atom is 0.119 e. The third-order valence-electron chi connectivity index (χ3n) is 3.70. The van der Waals surface area contributed by atoms with Crippen LogP contribution in [-0.2, 0) is 13.0 Å². The van der Waals surface area contributed by atoms with Crippen molar-refractivity contribution in [1.82, 2.24) is 9.78 Å². The number of ether oxygens (including phenoxy) is 1. The van der Waals surface area contributed by atoms with Crippen molar-refractivity contribution < 1.29 is 4.74 Å². The minimum absolute atomic E-state index is 0.364. The first-order valence-corrected chi connectivity index (χ1v) is 8.22. The third kappa shape index (κ3) is 3.56. The molecule has 0 spiro atoms. The highest BCUT2D eigenvalue weighted by atomic mass is 35.5. The fraction of sp³-hybridized carbons (Fsp3) is 0.167. The number of methoxy groups -OCH3 is 1. The van der Waals surface area contributed by atoms with E-state index in [2.05, 4.69) is 5.10 Å². The Morgan fingerprint density at radius 1 is 1.12 bits per heavy atom. The van der Waals surface area contributed by atoms with Crippen LogP contribution in [0.3, 0.4) is 0 Å². The molecule has 0 aliphatic rings. The van der Waals surface area contributed by atoms with E-state index in [1.165, 1.54) is 0 Å². The zero-order valence-electron chi connectivity index (χ0n) is 13.2. The van der Waals surface area contributed by atoms with E-state index >= 15 is 0 Å². The number of nitrogens with two attached hydrogens (primary N) is 1. The first-order chi connectivity index (χ1) is 11.6. The lowest BCUT2D eigenvalue weighted by Crippen LogP contribution is -2.05. The molecular weight excluding hydrogens is 345 g/mol. The van der Waals surface area contributed by atoms with Crippen molar-refractivity contribution in [2.24, 2.45) is 5.73 Å². The Hall–Kier alpha value is -2.01. The lowest BCUT2D eigenvalue weighted by Gasteiger charge is -2.10. The average Bonchev–Trinajstić information content (AvgIpc) is 2.98. The fourth-order valence-electron chi connectivity index (χ4n) is 2.55. The number of benzene rings is 2. The molecule has 0 amide bonds. The average molecular weight is 362 g/mol. The van der Waals surface area contributed by atoms with Gasteiger partial charge in [-0.05, 0) is 42.0 Å². The highest BCUT2D eigenvalue weighted by Gasteiger charge is 2.13. The molecule has 0 saturated carbocycles. The van der Waals surface area contributed by atoms with Gasteiger partial charge in [0.2, 0.25) is 0 Å². The van der Waals surface area contributed by atoms with Crippen LogP contribution in [0.1, 0.15) is 17.0 Å². The van der Waals surface area contributed by atoms with Gasteiger partial charge in [-0.25, -0.2) is 4.68 Å². The zero-order chi connectivity index (χ0) is 17.1. The van der Waals surface area contributed by atoms with Gasteiger partial charge in [-0.1, -0.05) is 35.3 Å². The number of rotatable bonds is 5. The van der Waals surface area contributed by atoms with Crippen LogP contribution < -0.4 is 10.5 Å². The second-order valence-corrected chi connectivity index (χ2v) is 6.21. The molecule has 0 radical (unpaired) electrons. The highest BCUT2D eigenvalue weighted by Crippen LogP contribution is 2.26. The standard InChI is InChI=1S/C18H17Cl2N3O/c1-24-16-4-2-3-12(8-16)7-15-10-14(11-21)22-23(15)18-6-5-13(19)9-17(18)20/h2-6,8-10H,7,11,21H2,1H3. The summed E-state index contributed by atoms with van der Waals surface area (Å²) in [6.45, 7) is 0.364. The van der Waals surface area contributed by atoms with Crippen molar-refractivity contribution in [3.8, 4) is 11.4 Å². The first kappa shape index (κ1) is 16.8. The summed E-state index contributed by atoms with van der Waals surface area (Å²) in [6.07, 6.45) is 0.684. The molecule has 2 aromatic carbocycles. The van der Waals surface area contributed by atoms with Crippen molar-refractivity contribution >= 4 is 23.2 Å². The zero-order valence-corrected chi connectivity index (χ0v) is 14.7. The Kier molecular flexibility index (Phi) is 5.09. The Balaban J connectivity index is 2.02. The van der Waals surface area contributed by atoms with E-state index in [-0.39, 0.29) is 0 Å². The normalized spacial score (nSPS) is 10.8. The van der Waals surface area contributed by atoms with Crippen LogP contribution >= 0.6 is 23.2 Å². The molecule has 3 rings (SSSR count). The van der Waals surface area contributed by atoms with Crippen molar-refractivity contribution in [3.05, 3.63) is 75.5 Å². The second kappa shape index (κ2) is 7.26. The molecule has 0 aliphatic heterocycles. The van der Waals surface area contributed by atoms with Crippen LogP contribution in [0.4, 0.5) is 0 Å². The van der Waals surface area contributed by atoms with Crippen LogP contribution in [0, 0.1) is 0 Å². The summed E-state index contributed by atoms with van der Waals surface area (Å²) in [4.78, 5) is 0. The van der Waals surface area contributed by atoms with Gasteiger partial charge in [0.15, 0.2) is 0 Å². The summed E-state index contributed by atoms with van der Waals surface area (Å²) in [5.41, 5.74) is 9.45. The number of halogens is 2. The summed E-state index contributed by atoms with van der Waals surface area (Å²) in [6, 6.07) is 15.3. The lowest BCUT2D eigenvalue weighted by atomic mass is 10.1. The predicted octanol–water partition coefficient (Wildman–Crippen LogP) is 4.24. The van der Waals surface area contributed by atoms with Gasteiger partial charge in [0.25, 0.3) is 0 Å². The van der Waals surface area contributed by atoms with Gasteiger partial charge in [-0.2, -0.15) is 5.10 Å². The molecule has 6 heteroatoms. The molecule has 0 atom stereocenters. The van der Waals surface area contributed by atoms with Crippen molar-refractivity contribution in [2.75, 3.05) is 7.11 Å². The molecule has 0 aliphatic carbocycles. The van der Waals surface area contributed by atoms with Gasteiger partial charge in [-0.3, -0.25) is 0 Å². The second-order valence-electron chi connectivity index (χ2n) is 5.37. The topological polar surface area (TPSA) is 53.1 Å².